The van der Waals surface area contributed by atoms with Crippen LogP contribution in [0.3, 0.4) is 0 Å². The van der Waals surface area contributed by atoms with Crippen LogP contribution in [0.5, 0.6) is 0 Å². The number of aliphatic carboxylic acids is 3. The zero-order valence-electron chi connectivity index (χ0n) is 7.82. The van der Waals surface area contributed by atoms with E-state index < -0.39 is 36.4 Å². The summed E-state index contributed by atoms with van der Waals surface area (Å²) in [5, 5.41) is 45.8. The van der Waals surface area contributed by atoms with Gasteiger partial charge < -0.3 is 25.9 Å². The fourth-order valence-corrected chi connectivity index (χ4v) is 0.714. The van der Waals surface area contributed by atoms with E-state index in [4.69, 9.17) is 30.9 Å². The summed E-state index contributed by atoms with van der Waals surface area (Å²) in [6.07, 6.45) is -2.29. The Morgan fingerprint density at radius 3 is 1.25 bits per heavy atom. The molecule has 10 nitrogen and oxygen atoms in total. The highest BCUT2D eigenvalue weighted by Crippen LogP contribution is 2.15. The van der Waals surface area contributed by atoms with Gasteiger partial charge in [-0.05, 0) is 0 Å². The largest absolute Gasteiger partial charge is 0.481 e. The Labute approximate surface area is 88.2 Å². The number of hydrogen-bond acceptors (Lipinski definition) is 6. The molecule has 0 amide bonds. The maximum absolute atomic E-state index is 10.3. The Kier molecular flexibility index (Phi) is 10.6. The second-order valence-electron chi connectivity index (χ2n) is 2.48. The van der Waals surface area contributed by atoms with E-state index in [0.29, 0.717) is 0 Å². The van der Waals surface area contributed by atoms with Gasteiger partial charge in [-0.15, -0.1) is 0 Å². The third-order valence-electron chi connectivity index (χ3n) is 1.29. The standard InChI is InChI=1S/C6H8O7.H2O2.H2O/c7-3(8)1-6(13,5(11)12)2-4(9)10;1-2;/h13H,1-2H2,(H,7,8)(H,9,10)(H,11,12);1-2H;1H2. The third-order valence-corrected chi connectivity index (χ3v) is 1.29. The van der Waals surface area contributed by atoms with Crippen LogP contribution in [-0.2, 0) is 14.4 Å². The lowest BCUT2D eigenvalue weighted by atomic mass is 9.96. The van der Waals surface area contributed by atoms with E-state index in [1.807, 2.05) is 0 Å². The normalized spacial score (nSPS) is 9.19. The van der Waals surface area contributed by atoms with Gasteiger partial charge in [0.2, 0.25) is 0 Å². The van der Waals surface area contributed by atoms with Gasteiger partial charge in [0.15, 0.2) is 5.60 Å². The van der Waals surface area contributed by atoms with Crippen LogP contribution < -0.4 is 0 Å². The lowest BCUT2D eigenvalue weighted by Gasteiger charge is -2.18. The average molecular weight is 244 g/mol. The molecule has 0 saturated heterocycles. The molecule has 0 spiro atoms. The van der Waals surface area contributed by atoms with Crippen LogP contribution in [0.4, 0.5) is 0 Å². The van der Waals surface area contributed by atoms with Crippen molar-refractivity contribution in [3.8, 4) is 0 Å². The molecule has 0 aliphatic carbocycles. The maximum atomic E-state index is 10.3. The van der Waals surface area contributed by atoms with E-state index in [1.165, 1.54) is 0 Å². The van der Waals surface area contributed by atoms with Crippen molar-refractivity contribution in [2.45, 2.75) is 18.4 Å². The van der Waals surface area contributed by atoms with Crippen molar-refractivity contribution in [1.82, 2.24) is 0 Å². The summed E-state index contributed by atoms with van der Waals surface area (Å²) in [6, 6.07) is 0. The van der Waals surface area contributed by atoms with Crippen LogP contribution in [0.1, 0.15) is 12.8 Å². The van der Waals surface area contributed by atoms with E-state index in [0.717, 1.165) is 0 Å². The highest BCUT2D eigenvalue weighted by atomic mass is 17.0. The summed E-state index contributed by atoms with van der Waals surface area (Å²) in [5.74, 6) is -5.02. The smallest absolute Gasteiger partial charge is 0.336 e. The monoisotopic (exact) mass is 244 g/mol. The van der Waals surface area contributed by atoms with E-state index in [2.05, 4.69) is 0 Å². The summed E-state index contributed by atoms with van der Waals surface area (Å²) in [4.78, 5) is 30.5. The summed E-state index contributed by atoms with van der Waals surface area (Å²) in [5.41, 5.74) is -2.74. The molecule has 0 bridgehead atoms. The van der Waals surface area contributed by atoms with Crippen molar-refractivity contribution >= 4 is 17.9 Å². The lowest BCUT2D eigenvalue weighted by Crippen LogP contribution is -2.42. The van der Waals surface area contributed by atoms with Gasteiger partial charge in [-0.25, -0.2) is 4.79 Å². The lowest BCUT2D eigenvalue weighted by molar-refractivity contribution is -0.176. The minimum absolute atomic E-state index is 0. The summed E-state index contributed by atoms with van der Waals surface area (Å²) < 4.78 is 0. The number of aliphatic hydroxyl groups is 1. The SMILES string of the molecule is O.O=C(O)CC(O)(CC(=O)O)C(=O)O.OO. The maximum Gasteiger partial charge on any atom is 0.336 e. The van der Waals surface area contributed by atoms with Crippen LogP contribution in [0.15, 0.2) is 0 Å². The van der Waals surface area contributed by atoms with Crippen molar-refractivity contribution in [3.63, 3.8) is 0 Å². The van der Waals surface area contributed by atoms with Crippen molar-refractivity contribution < 1.29 is 50.8 Å². The second-order valence-corrected chi connectivity index (χ2v) is 2.48. The minimum atomic E-state index is -2.74. The summed E-state index contributed by atoms with van der Waals surface area (Å²) in [6.45, 7) is 0. The molecule has 0 aromatic rings. The van der Waals surface area contributed by atoms with Gasteiger partial charge in [-0.2, -0.15) is 0 Å². The number of carboxylic acid groups (broad SMARTS) is 3. The van der Waals surface area contributed by atoms with Crippen LogP contribution in [-0.4, -0.2) is 59.9 Å². The first kappa shape index (κ1) is 19.8. The first-order chi connectivity index (χ1) is 6.78. The molecule has 16 heavy (non-hydrogen) atoms. The third kappa shape index (κ3) is 7.64. The second kappa shape index (κ2) is 8.55. The Bertz CT molecular complexity index is 230. The first-order valence-corrected chi connectivity index (χ1v) is 3.37. The molecule has 0 aromatic heterocycles. The van der Waals surface area contributed by atoms with Gasteiger partial charge in [0.25, 0.3) is 0 Å². The molecule has 0 aliphatic rings. The molecule has 0 unspecified atom stereocenters. The summed E-state index contributed by atoms with van der Waals surface area (Å²) >= 11 is 0. The fraction of sp³-hybridized carbons (Fsp3) is 0.500. The number of carbonyl (C=O) groups is 3. The number of rotatable bonds is 5. The zero-order valence-corrected chi connectivity index (χ0v) is 7.82. The van der Waals surface area contributed by atoms with E-state index in [-0.39, 0.29) is 5.48 Å². The predicted octanol–water partition coefficient (Wildman–Crippen LogP) is -2.06. The molecule has 0 radical (unpaired) electrons. The van der Waals surface area contributed by atoms with Gasteiger partial charge in [0.05, 0.1) is 12.8 Å². The van der Waals surface area contributed by atoms with Crippen molar-refractivity contribution in [3.05, 3.63) is 0 Å². The average Bonchev–Trinajstić information content (AvgIpc) is 2.04. The van der Waals surface area contributed by atoms with Gasteiger partial charge in [-0.1, -0.05) is 0 Å². The van der Waals surface area contributed by atoms with Gasteiger partial charge >= 0.3 is 17.9 Å². The molecular weight excluding hydrogens is 232 g/mol. The minimum Gasteiger partial charge on any atom is -0.481 e. The van der Waals surface area contributed by atoms with Crippen molar-refractivity contribution in [2.75, 3.05) is 0 Å². The van der Waals surface area contributed by atoms with Gasteiger partial charge in [0.1, 0.15) is 0 Å². The van der Waals surface area contributed by atoms with E-state index in [9.17, 15) is 14.4 Å². The van der Waals surface area contributed by atoms with E-state index >= 15 is 0 Å². The molecule has 0 atom stereocenters. The zero-order chi connectivity index (χ0) is 12.6. The van der Waals surface area contributed by atoms with Gasteiger partial charge in [-0.3, -0.25) is 20.1 Å². The molecule has 10 heteroatoms. The molecule has 0 saturated carbocycles. The first-order valence-electron chi connectivity index (χ1n) is 3.37. The Morgan fingerprint density at radius 2 is 1.12 bits per heavy atom. The fourth-order valence-electron chi connectivity index (χ4n) is 0.714. The van der Waals surface area contributed by atoms with Crippen LogP contribution in [0, 0.1) is 0 Å². The van der Waals surface area contributed by atoms with Crippen molar-refractivity contribution in [2.24, 2.45) is 0 Å². The highest BCUT2D eigenvalue weighted by molar-refractivity contribution is 5.88. The molecular formula is C6H12O10. The Hall–Kier alpha value is -1.75. The summed E-state index contributed by atoms with van der Waals surface area (Å²) in [7, 11) is 0. The molecule has 8 N–H and O–H groups in total. The molecule has 0 heterocycles. The Balaban J connectivity index is -0.000000529. The topological polar surface area (TPSA) is 204 Å². The highest BCUT2D eigenvalue weighted by Gasteiger charge is 2.40. The van der Waals surface area contributed by atoms with Crippen LogP contribution in [0.25, 0.3) is 0 Å². The molecule has 96 valence electrons. The van der Waals surface area contributed by atoms with E-state index in [1.54, 1.807) is 0 Å². The molecule has 0 fully saturated rings. The molecule has 0 aromatic carbocycles. The molecule has 0 aliphatic heterocycles. The van der Waals surface area contributed by atoms with Crippen LogP contribution in [0.2, 0.25) is 0 Å². The molecule has 0 rings (SSSR count). The number of carboxylic acids is 3. The van der Waals surface area contributed by atoms with Crippen molar-refractivity contribution in [1.29, 1.82) is 0 Å². The van der Waals surface area contributed by atoms with Crippen LogP contribution >= 0.6 is 0 Å². The number of hydrogen-bond donors (Lipinski definition) is 6. The Morgan fingerprint density at radius 1 is 0.875 bits per heavy atom. The quantitative estimate of drug-likeness (QED) is 0.232. The van der Waals surface area contributed by atoms with Gasteiger partial charge in [0, 0.05) is 0 Å². The predicted molar refractivity (Wildman–Crippen MR) is 46.0 cm³/mol.